The smallest absolute Gasteiger partial charge is 0.164 e. The first kappa shape index (κ1) is 28.2. The molecule has 0 N–H and O–H groups in total. The zero-order valence-electron chi connectivity index (χ0n) is 26.9. The van der Waals surface area contributed by atoms with E-state index in [9.17, 15) is 0 Å². The molecule has 5 heteroatoms. The molecule has 10 aromatic rings. The Hall–Kier alpha value is -6.85. The van der Waals surface area contributed by atoms with Gasteiger partial charge in [-0.1, -0.05) is 146 Å². The fraction of sp³-hybridized carbons (Fsp3) is 0. The van der Waals surface area contributed by atoms with Crippen LogP contribution in [-0.2, 0) is 0 Å². The summed E-state index contributed by atoms with van der Waals surface area (Å²) >= 11 is 0. The molecule has 5 nitrogen and oxygen atoms in total. The van der Waals surface area contributed by atoms with Gasteiger partial charge in [-0.2, -0.15) is 0 Å². The molecule has 0 saturated heterocycles. The van der Waals surface area contributed by atoms with Gasteiger partial charge in [0, 0.05) is 55.0 Å². The van der Waals surface area contributed by atoms with Crippen LogP contribution in [0.2, 0.25) is 0 Å². The van der Waals surface area contributed by atoms with Crippen molar-refractivity contribution < 1.29 is 4.42 Å². The van der Waals surface area contributed by atoms with E-state index in [2.05, 4.69) is 102 Å². The van der Waals surface area contributed by atoms with Crippen LogP contribution >= 0.6 is 0 Å². The predicted molar refractivity (Wildman–Crippen MR) is 203 cm³/mol. The van der Waals surface area contributed by atoms with Crippen LogP contribution in [0.4, 0.5) is 0 Å². The Morgan fingerprint density at radius 3 is 1.66 bits per heavy atom. The van der Waals surface area contributed by atoms with Gasteiger partial charge < -0.3 is 8.98 Å². The van der Waals surface area contributed by atoms with Crippen molar-refractivity contribution in [3.8, 4) is 51.0 Å². The van der Waals surface area contributed by atoms with E-state index in [-0.39, 0.29) is 0 Å². The summed E-state index contributed by atoms with van der Waals surface area (Å²) < 4.78 is 8.91. The van der Waals surface area contributed by atoms with Crippen molar-refractivity contribution in [1.29, 1.82) is 0 Å². The number of hydrogen-bond acceptors (Lipinski definition) is 4. The highest BCUT2D eigenvalue weighted by Gasteiger charge is 2.21. The van der Waals surface area contributed by atoms with Gasteiger partial charge in [-0.25, -0.2) is 15.0 Å². The highest BCUT2D eigenvalue weighted by atomic mass is 16.3. The Morgan fingerprint density at radius 1 is 0.400 bits per heavy atom. The van der Waals surface area contributed by atoms with Gasteiger partial charge in [0.15, 0.2) is 17.5 Å². The Balaban J connectivity index is 1.25. The number of furan rings is 1. The summed E-state index contributed by atoms with van der Waals surface area (Å²) in [5.41, 5.74) is 9.98. The molecule has 0 atom stereocenters. The summed E-state index contributed by atoms with van der Waals surface area (Å²) in [5.74, 6) is 1.90. The molecule has 7 aromatic carbocycles. The Bertz CT molecular complexity index is 2800. The minimum atomic E-state index is 0.622. The van der Waals surface area contributed by atoms with Crippen molar-refractivity contribution in [1.82, 2.24) is 19.5 Å². The van der Waals surface area contributed by atoms with E-state index in [0.717, 1.165) is 77.2 Å². The van der Waals surface area contributed by atoms with E-state index in [1.807, 2.05) is 72.8 Å². The molecular formula is C45H28N4O. The maximum Gasteiger partial charge on any atom is 0.164 e. The van der Waals surface area contributed by atoms with Gasteiger partial charge in [0.05, 0.1) is 11.0 Å². The molecule has 3 aromatic heterocycles. The lowest BCUT2D eigenvalue weighted by molar-refractivity contribution is 0.670. The van der Waals surface area contributed by atoms with E-state index in [0.29, 0.717) is 17.5 Å². The number of nitrogens with zero attached hydrogens (tertiary/aromatic N) is 4. The Kier molecular flexibility index (Phi) is 6.42. The molecule has 234 valence electrons. The standard InChI is InChI=1S/C45H28N4O/c1-4-14-29(15-5-1)43-46-44(30-16-6-2-7-17-30)48-45(47-43)31-26-27-33-35-21-12-22-36(41(35)49(39(33)28-31)32-18-8-3-9-19-32)38-24-13-23-37-34-20-10-11-25-40(34)50-42(37)38/h1-28H. The molecule has 0 bridgehead atoms. The predicted octanol–water partition coefficient (Wildman–Crippen LogP) is 11.5. The van der Waals surface area contributed by atoms with Crippen LogP contribution in [0.25, 0.3) is 94.7 Å². The summed E-state index contributed by atoms with van der Waals surface area (Å²) in [6.07, 6.45) is 0. The number of hydrogen-bond donors (Lipinski definition) is 0. The van der Waals surface area contributed by atoms with Crippen LogP contribution in [0.1, 0.15) is 0 Å². The molecule has 0 spiro atoms. The van der Waals surface area contributed by atoms with Gasteiger partial charge in [0.2, 0.25) is 0 Å². The molecule has 0 unspecified atom stereocenters. The third kappa shape index (κ3) is 4.52. The van der Waals surface area contributed by atoms with E-state index in [4.69, 9.17) is 19.4 Å². The average Bonchev–Trinajstić information content (AvgIpc) is 3.74. The van der Waals surface area contributed by atoms with Crippen LogP contribution < -0.4 is 0 Å². The minimum Gasteiger partial charge on any atom is -0.455 e. The van der Waals surface area contributed by atoms with Crippen LogP contribution in [0.15, 0.2) is 174 Å². The largest absolute Gasteiger partial charge is 0.455 e. The normalized spacial score (nSPS) is 11.6. The fourth-order valence-corrected chi connectivity index (χ4v) is 7.17. The van der Waals surface area contributed by atoms with Crippen LogP contribution in [0.5, 0.6) is 0 Å². The van der Waals surface area contributed by atoms with Gasteiger partial charge in [0.1, 0.15) is 11.2 Å². The molecule has 0 aliphatic rings. The first-order valence-corrected chi connectivity index (χ1v) is 16.7. The molecule has 0 radical (unpaired) electrons. The van der Waals surface area contributed by atoms with Crippen molar-refractivity contribution in [2.75, 3.05) is 0 Å². The number of aromatic nitrogens is 4. The lowest BCUT2D eigenvalue weighted by Gasteiger charge is -2.12. The van der Waals surface area contributed by atoms with Gasteiger partial charge in [-0.3, -0.25) is 0 Å². The van der Waals surface area contributed by atoms with Crippen molar-refractivity contribution in [2.45, 2.75) is 0 Å². The summed E-state index contributed by atoms with van der Waals surface area (Å²) in [4.78, 5) is 15.0. The molecule has 50 heavy (non-hydrogen) atoms. The number of fused-ring (bicyclic) bond motifs is 6. The van der Waals surface area contributed by atoms with E-state index < -0.39 is 0 Å². The molecule has 0 amide bonds. The average molecular weight is 641 g/mol. The van der Waals surface area contributed by atoms with E-state index >= 15 is 0 Å². The number of para-hydroxylation sites is 4. The zero-order chi connectivity index (χ0) is 33.0. The molecule has 0 aliphatic heterocycles. The number of rotatable bonds is 5. The highest BCUT2D eigenvalue weighted by molar-refractivity contribution is 6.17. The molecule has 0 aliphatic carbocycles. The first-order chi connectivity index (χ1) is 24.8. The van der Waals surface area contributed by atoms with Crippen LogP contribution in [0.3, 0.4) is 0 Å². The molecule has 10 rings (SSSR count). The van der Waals surface area contributed by atoms with Gasteiger partial charge in [-0.05, 0) is 24.3 Å². The maximum absolute atomic E-state index is 6.55. The quantitative estimate of drug-likeness (QED) is 0.188. The van der Waals surface area contributed by atoms with Crippen molar-refractivity contribution >= 4 is 43.7 Å². The summed E-state index contributed by atoms with van der Waals surface area (Å²) in [7, 11) is 0. The molecule has 0 fully saturated rings. The summed E-state index contributed by atoms with van der Waals surface area (Å²) in [5, 5.41) is 4.53. The molecular weight excluding hydrogens is 613 g/mol. The SMILES string of the molecule is c1ccc(-c2nc(-c3ccccc3)nc(-c3ccc4c5cccc(-c6cccc7c6oc6ccccc67)c5n(-c5ccccc5)c4c3)n2)cc1. The molecule has 0 saturated carbocycles. The zero-order valence-corrected chi connectivity index (χ0v) is 26.9. The van der Waals surface area contributed by atoms with Gasteiger partial charge in [-0.15, -0.1) is 0 Å². The fourth-order valence-electron chi connectivity index (χ4n) is 7.17. The van der Waals surface area contributed by atoms with Gasteiger partial charge >= 0.3 is 0 Å². The lowest BCUT2D eigenvalue weighted by Crippen LogP contribution is -2.00. The third-order valence-electron chi connectivity index (χ3n) is 9.45. The maximum atomic E-state index is 6.55. The second-order valence-corrected chi connectivity index (χ2v) is 12.4. The summed E-state index contributed by atoms with van der Waals surface area (Å²) in [6, 6.07) is 58.5. The number of benzene rings is 7. The van der Waals surface area contributed by atoms with E-state index in [1.54, 1.807) is 0 Å². The lowest BCUT2D eigenvalue weighted by atomic mass is 9.99. The monoisotopic (exact) mass is 640 g/mol. The highest BCUT2D eigenvalue weighted by Crippen LogP contribution is 2.43. The second kappa shape index (κ2) is 11.4. The van der Waals surface area contributed by atoms with Crippen molar-refractivity contribution in [3.63, 3.8) is 0 Å². The van der Waals surface area contributed by atoms with Crippen molar-refractivity contribution in [2.24, 2.45) is 0 Å². The summed E-state index contributed by atoms with van der Waals surface area (Å²) in [6.45, 7) is 0. The van der Waals surface area contributed by atoms with Crippen LogP contribution in [-0.4, -0.2) is 19.5 Å². The third-order valence-corrected chi connectivity index (χ3v) is 9.45. The van der Waals surface area contributed by atoms with E-state index in [1.165, 1.54) is 0 Å². The van der Waals surface area contributed by atoms with Gasteiger partial charge in [0.25, 0.3) is 0 Å². The topological polar surface area (TPSA) is 56.7 Å². The van der Waals surface area contributed by atoms with Crippen LogP contribution in [0, 0.1) is 0 Å². The second-order valence-electron chi connectivity index (χ2n) is 12.4. The minimum absolute atomic E-state index is 0.622. The Morgan fingerprint density at radius 2 is 0.960 bits per heavy atom. The first-order valence-electron chi connectivity index (χ1n) is 16.7. The Labute approximate surface area is 287 Å². The molecule has 3 heterocycles. The van der Waals surface area contributed by atoms with Crippen molar-refractivity contribution in [3.05, 3.63) is 170 Å².